The van der Waals surface area contributed by atoms with E-state index in [1.54, 1.807) is 4.68 Å². The van der Waals surface area contributed by atoms with E-state index >= 15 is 0 Å². The van der Waals surface area contributed by atoms with E-state index in [9.17, 15) is 0 Å². The molecular formula is C32H40N8. The van der Waals surface area contributed by atoms with Crippen LogP contribution in [0.1, 0.15) is 69.2 Å². The summed E-state index contributed by atoms with van der Waals surface area (Å²) in [7, 11) is 0. The number of nitrogens with zero attached hydrogens (tertiary/aromatic N) is 5. The molecule has 2 aliphatic rings. The van der Waals surface area contributed by atoms with Crippen molar-refractivity contribution in [3.8, 4) is 17.1 Å². The Morgan fingerprint density at radius 1 is 0.900 bits per heavy atom. The highest BCUT2D eigenvalue weighted by Crippen LogP contribution is 2.32. The van der Waals surface area contributed by atoms with Crippen molar-refractivity contribution in [1.29, 1.82) is 0 Å². The van der Waals surface area contributed by atoms with Gasteiger partial charge in [-0.2, -0.15) is 9.67 Å². The van der Waals surface area contributed by atoms with Gasteiger partial charge in [-0.05, 0) is 97.7 Å². The summed E-state index contributed by atoms with van der Waals surface area (Å²) in [5.41, 5.74) is 14.9. The number of fused-ring (bicyclic) bond motifs is 4. The zero-order chi connectivity index (χ0) is 27.9. The molecule has 2 aromatic carbocycles. The lowest BCUT2D eigenvalue weighted by Crippen LogP contribution is -2.44. The standard InChI is InChI=1S/C32H40N8/c1-20(32(2,3)4)34-25-15-12-21-13-17-26(18-23(21)14-16-25)35-31-36-30(33)40(39-31)28-19-24-10-7-9-22-8-5-6-11-27(22)29(24)38-37-28/h5-6,8,11,13,17-20,25,34H,7,9-10,12,14-16H2,1-4H3,(H3,33,35,36,39)/t20?,25-/m0/s1. The maximum Gasteiger partial charge on any atom is 0.248 e. The minimum atomic E-state index is 0.254. The van der Waals surface area contributed by atoms with E-state index < -0.39 is 0 Å². The first-order valence-corrected chi connectivity index (χ1v) is 14.6. The third kappa shape index (κ3) is 5.45. The molecule has 2 aromatic heterocycles. The van der Waals surface area contributed by atoms with Crippen LogP contribution in [0.25, 0.3) is 17.1 Å². The highest BCUT2D eigenvalue weighted by atomic mass is 15.4. The molecule has 8 nitrogen and oxygen atoms in total. The lowest BCUT2D eigenvalue weighted by molar-refractivity contribution is 0.254. The summed E-state index contributed by atoms with van der Waals surface area (Å²) in [6.45, 7) is 9.20. The van der Waals surface area contributed by atoms with Gasteiger partial charge in [0.1, 0.15) is 0 Å². The van der Waals surface area contributed by atoms with E-state index in [0.717, 1.165) is 67.5 Å². The number of aryl methyl sites for hydroxylation is 4. The van der Waals surface area contributed by atoms with Crippen molar-refractivity contribution in [2.75, 3.05) is 11.1 Å². The van der Waals surface area contributed by atoms with Crippen LogP contribution in [0, 0.1) is 5.41 Å². The average Bonchev–Trinajstić information content (AvgIpc) is 3.08. The number of nitrogens with two attached hydrogens (primary N) is 1. The Bertz CT molecular complexity index is 1520. The molecule has 4 aromatic rings. The zero-order valence-corrected chi connectivity index (χ0v) is 24.0. The molecule has 0 spiro atoms. The number of rotatable bonds is 5. The van der Waals surface area contributed by atoms with Gasteiger partial charge in [-0.15, -0.1) is 15.3 Å². The number of nitrogens with one attached hydrogen (secondary N) is 2. The topological polar surface area (TPSA) is 107 Å². The van der Waals surface area contributed by atoms with Crippen molar-refractivity contribution < 1.29 is 0 Å². The van der Waals surface area contributed by atoms with Crippen LogP contribution in [0.2, 0.25) is 0 Å². The van der Waals surface area contributed by atoms with Crippen molar-refractivity contribution in [2.45, 2.75) is 84.7 Å². The highest BCUT2D eigenvalue weighted by molar-refractivity contribution is 5.68. The van der Waals surface area contributed by atoms with Crippen LogP contribution in [0.3, 0.4) is 0 Å². The molecule has 2 atom stereocenters. The number of benzene rings is 2. The Hall–Kier alpha value is -3.78. The number of anilines is 3. The first kappa shape index (κ1) is 26.4. The Labute approximate surface area is 236 Å². The molecule has 0 radical (unpaired) electrons. The van der Waals surface area contributed by atoms with Crippen LogP contribution in [0.4, 0.5) is 17.6 Å². The van der Waals surface area contributed by atoms with Gasteiger partial charge in [0.25, 0.3) is 0 Å². The van der Waals surface area contributed by atoms with E-state index in [2.05, 4.69) is 101 Å². The fourth-order valence-corrected chi connectivity index (χ4v) is 5.81. The molecule has 2 heterocycles. The Kier molecular flexibility index (Phi) is 7.04. The van der Waals surface area contributed by atoms with Gasteiger partial charge in [-0.1, -0.05) is 51.1 Å². The molecule has 1 unspecified atom stereocenters. The molecule has 2 aliphatic carbocycles. The SMILES string of the molecule is CC(N[C@H]1CCc2ccc(Nc3nc(N)n(-c4cc5c(nn4)-c4ccccc4CCC5)n3)cc2CC1)C(C)(C)C. The normalized spacial score (nSPS) is 17.6. The van der Waals surface area contributed by atoms with E-state index in [1.807, 2.05) is 6.07 Å². The number of nitrogen functional groups attached to an aromatic ring is 1. The second kappa shape index (κ2) is 10.7. The average molecular weight is 537 g/mol. The molecule has 0 saturated carbocycles. The van der Waals surface area contributed by atoms with Crippen LogP contribution < -0.4 is 16.4 Å². The number of aromatic nitrogens is 5. The summed E-state index contributed by atoms with van der Waals surface area (Å²) in [5.74, 6) is 1.32. The molecule has 6 rings (SSSR count). The Balaban J connectivity index is 1.18. The van der Waals surface area contributed by atoms with Crippen LogP contribution in [-0.4, -0.2) is 37.0 Å². The minimum Gasteiger partial charge on any atom is -0.368 e. The summed E-state index contributed by atoms with van der Waals surface area (Å²) < 4.78 is 1.57. The predicted octanol–water partition coefficient (Wildman–Crippen LogP) is 5.81. The quantitative estimate of drug-likeness (QED) is 0.276. The van der Waals surface area contributed by atoms with E-state index in [-0.39, 0.29) is 11.4 Å². The van der Waals surface area contributed by atoms with Crippen molar-refractivity contribution >= 4 is 17.6 Å². The van der Waals surface area contributed by atoms with Gasteiger partial charge in [0, 0.05) is 23.3 Å². The van der Waals surface area contributed by atoms with Gasteiger partial charge in [-0.25, -0.2) is 0 Å². The fourth-order valence-electron chi connectivity index (χ4n) is 5.81. The maximum atomic E-state index is 6.30. The summed E-state index contributed by atoms with van der Waals surface area (Å²) in [6, 6.07) is 18.1. The zero-order valence-electron chi connectivity index (χ0n) is 24.0. The lowest BCUT2D eigenvalue weighted by atomic mass is 9.87. The van der Waals surface area contributed by atoms with Crippen LogP contribution in [0.5, 0.6) is 0 Å². The predicted molar refractivity (Wildman–Crippen MR) is 161 cm³/mol. The molecule has 0 fully saturated rings. The largest absolute Gasteiger partial charge is 0.368 e. The number of hydrogen-bond acceptors (Lipinski definition) is 7. The van der Waals surface area contributed by atoms with Gasteiger partial charge in [-0.3, -0.25) is 0 Å². The third-order valence-corrected chi connectivity index (χ3v) is 8.65. The second-order valence-electron chi connectivity index (χ2n) is 12.4. The Morgan fingerprint density at radius 3 is 2.50 bits per heavy atom. The lowest BCUT2D eigenvalue weighted by Gasteiger charge is -2.32. The summed E-state index contributed by atoms with van der Waals surface area (Å²) in [5, 5.41) is 21.0. The first-order chi connectivity index (χ1) is 19.2. The van der Waals surface area contributed by atoms with E-state index in [0.29, 0.717) is 23.8 Å². The monoisotopic (exact) mass is 536 g/mol. The molecule has 0 amide bonds. The summed E-state index contributed by atoms with van der Waals surface area (Å²) in [4.78, 5) is 4.49. The second-order valence-corrected chi connectivity index (χ2v) is 12.4. The van der Waals surface area contributed by atoms with Gasteiger partial charge in [0.15, 0.2) is 5.82 Å². The smallest absolute Gasteiger partial charge is 0.248 e. The molecule has 208 valence electrons. The molecule has 0 aliphatic heterocycles. The molecule has 8 heteroatoms. The molecule has 0 saturated heterocycles. The van der Waals surface area contributed by atoms with Crippen molar-refractivity contribution in [1.82, 2.24) is 30.3 Å². The van der Waals surface area contributed by atoms with Crippen molar-refractivity contribution in [2.24, 2.45) is 5.41 Å². The van der Waals surface area contributed by atoms with Crippen LogP contribution in [0.15, 0.2) is 48.5 Å². The Morgan fingerprint density at radius 2 is 1.68 bits per heavy atom. The van der Waals surface area contributed by atoms with Crippen molar-refractivity contribution in [3.05, 3.63) is 70.8 Å². The highest BCUT2D eigenvalue weighted by Gasteiger charge is 2.25. The third-order valence-electron chi connectivity index (χ3n) is 8.65. The maximum absolute atomic E-state index is 6.30. The van der Waals surface area contributed by atoms with Crippen LogP contribution >= 0.6 is 0 Å². The summed E-state index contributed by atoms with van der Waals surface area (Å²) in [6.07, 6.45) is 7.48. The first-order valence-electron chi connectivity index (χ1n) is 14.6. The molecule has 0 bridgehead atoms. The molecule has 4 N–H and O–H groups in total. The van der Waals surface area contributed by atoms with Gasteiger partial charge in [0.05, 0.1) is 5.69 Å². The van der Waals surface area contributed by atoms with Gasteiger partial charge in [0.2, 0.25) is 11.9 Å². The van der Waals surface area contributed by atoms with Crippen LogP contribution in [-0.2, 0) is 25.7 Å². The minimum absolute atomic E-state index is 0.254. The van der Waals surface area contributed by atoms with E-state index in [4.69, 9.17) is 5.73 Å². The molecular weight excluding hydrogens is 496 g/mol. The molecule has 40 heavy (non-hydrogen) atoms. The van der Waals surface area contributed by atoms with Gasteiger partial charge < -0.3 is 16.4 Å². The number of hydrogen-bond donors (Lipinski definition) is 3. The van der Waals surface area contributed by atoms with Crippen molar-refractivity contribution in [3.63, 3.8) is 0 Å². The summed E-state index contributed by atoms with van der Waals surface area (Å²) >= 11 is 0. The van der Waals surface area contributed by atoms with E-state index in [1.165, 1.54) is 16.7 Å². The fraction of sp³-hybridized carbons (Fsp3) is 0.438. The van der Waals surface area contributed by atoms with Gasteiger partial charge >= 0.3 is 0 Å².